The molecule has 2 nitrogen and oxygen atoms in total. The van der Waals surface area contributed by atoms with Crippen molar-refractivity contribution in [1.29, 1.82) is 0 Å². The molecule has 0 N–H and O–H groups in total. The van der Waals surface area contributed by atoms with Crippen LogP contribution >= 0.6 is 11.8 Å². The number of ether oxygens (including phenoxy) is 1. The van der Waals surface area contributed by atoms with Crippen LogP contribution in [0.2, 0.25) is 0 Å². The van der Waals surface area contributed by atoms with E-state index in [1.165, 1.54) is 0 Å². The predicted molar refractivity (Wildman–Crippen MR) is 64.0 cm³/mol. The number of carbonyl (C=O) groups excluding carboxylic acids is 1. The van der Waals surface area contributed by atoms with Crippen molar-refractivity contribution < 1.29 is 22.7 Å². The van der Waals surface area contributed by atoms with E-state index in [2.05, 4.69) is 0 Å². The molecule has 1 rings (SSSR count). The Hall–Kier alpha value is -1.01. The van der Waals surface area contributed by atoms with E-state index in [4.69, 9.17) is 4.74 Å². The molecule has 0 saturated carbocycles. The highest BCUT2D eigenvalue weighted by atomic mass is 32.2. The third kappa shape index (κ3) is 5.55. The molecule has 0 spiro atoms. The van der Waals surface area contributed by atoms with Gasteiger partial charge in [-0.1, -0.05) is 12.1 Å². The fraction of sp³-hybridized carbons (Fsp3) is 0.417. The van der Waals surface area contributed by atoms with Gasteiger partial charge in [-0.25, -0.2) is 0 Å². The van der Waals surface area contributed by atoms with Gasteiger partial charge in [-0.2, -0.15) is 13.2 Å². The van der Waals surface area contributed by atoms with Crippen molar-refractivity contribution in [2.75, 3.05) is 19.5 Å². The predicted octanol–water partition coefficient (Wildman–Crippen LogP) is 3.56. The van der Waals surface area contributed by atoms with Gasteiger partial charge < -0.3 is 4.74 Å². The molecule has 6 heteroatoms. The molecule has 0 atom stereocenters. The average molecular weight is 278 g/mol. The SMILES string of the molecule is CSc1ccc(C(=O)COCCC(F)(F)F)cc1. The van der Waals surface area contributed by atoms with E-state index >= 15 is 0 Å². The lowest BCUT2D eigenvalue weighted by Crippen LogP contribution is -2.15. The number of alkyl halides is 3. The van der Waals surface area contributed by atoms with Crippen LogP contribution in [0.1, 0.15) is 16.8 Å². The lowest BCUT2D eigenvalue weighted by Gasteiger charge is -2.07. The highest BCUT2D eigenvalue weighted by Crippen LogP contribution is 2.19. The monoisotopic (exact) mass is 278 g/mol. The zero-order valence-electron chi connectivity index (χ0n) is 9.79. The van der Waals surface area contributed by atoms with E-state index in [1.54, 1.807) is 36.0 Å². The summed E-state index contributed by atoms with van der Waals surface area (Å²) in [6, 6.07) is 6.85. The maximum absolute atomic E-state index is 11.8. The van der Waals surface area contributed by atoms with Gasteiger partial charge in [0.15, 0.2) is 5.78 Å². The molecule has 0 heterocycles. The summed E-state index contributed by atoms with van der Waals surface area (Å²) in [5.41, 5.74) is 0.444. The quantitative estimate of drug-likeness (QED) is 0.452. The Morgan fingerprint density at radius 3 is 2.39 bits per heavy atom. The number of hydrogen-bond acceptors (Lipinski definition) is 3. The third-order valence-electron chi connectivity index (χ3n) is 2.18. The molecule has 1 aromatic rings. The zero-order valence-corrected chi connectivity index (χ0v) is 10.6. The number of rotatable bonds is 6. The molecule has 0 unspecified atom stereocenters. The molecule has 0 saturated heterocycles. The van der Waals surface area contributed by atoms with Crippen LogP contribution in [0.15, 0.2) is 29.2 Å². The Morgan fingerprint density at radius 1 is 1.28 bits per heavy atom. The van der Waals surface area contributed by atoms with Crippen LogP contribution in [-0.2, 0) is 4.74 Å². The number of halogens is 3. The van der Waals surface area contributed by atoms with E-state index in [0.717, 1.165) is 4.90 Å². The van der Waals surface area contributed by atoms with E-state index in [1.807, 2.05) is 6.26 Å². The van der Waals surface area contributed by atoms with Gasteiger partial charge in [0, 0.05) is 10.5 Å². The molecule has 0 aliphatic rings. The Kier molecular flexibility index (Phi) is 5.68. The summed E-state index contributed by atoms with van der Waals surface area (Å²) >= 11 is 1.55. The number of benzene rings is 1. The standard InChI is InChI=1S/C12H13F3O2S/c1-18-10-4-2-9(3-5-10)11(16)8-17-7-6-12(13,14)15/h2-5H,6-8H2,1H3. The molecule has 0 fully saturated rings. The minimum absolute atomic E-state index is 0.315. The zero-order chi connectivity index (χ0) is 13.6. The van der Waals surface area contributed by atoms with Crippen molar-refractivity contribution in [3.8, 4) is 0 Å². The largest absolute Gasteiger partial charge is 0.391 e. The Balaban J connectivity index is 2.36. The maximum Gasteiger partial charge on any atom is 0.391 e. The van der Waals surface area contributed by atoms with Gasteiger partial charge >= 0.3 is 6.18 Å². The van der Waals surface area contributed by atoms with Crippen molar-refractivity contribution in [3.63, 3.8) is 0 Å². The normalized spacial score (nSPS) is 11.6. The Bertz CT molecular complexity index is 387. The molecule has 0 bridgehead atoms. The van der Waals surface area contributed by atoms with E-state index < -0.39 is 19.2 Å². The van der Waals surface area contributed by atoms with Crippen molar-refractivity contribution in [3.05, 3.63) is 29.8 Å². The van der Waals surface area contributed by atoms with Crippen LogP contribution in [0.5, 0.6) is 0 Å². The van der Waals surface area contributed by atoms with Gasteiger partial charge in [-0.15, -0.1) is 11.8 Å². The molecular weight excluding hydrogens is 265 g/mol. The van der Waals surface area contributed by atoms with Crippen molar-refractivity contribution in [2.24, 2.45) is 0 Å². The summed E-state index contributed by atoms with van der Waals surface area (Å²) in [4.78, 5) is 12.6. The first-order valence-corrected chi connectivity index (χ1v) is 6.46. The average Bonchev–Trinajstić information content (AvgIpc) is 2.33. The van der Waals surface area contributed by atoms with Crippen LogP contribution in [0.25, 0.3) is 0 Å². The molecular formula is C12H13F3O2S. The molecule has 0 aliphatic carbocycles. The first-order valence-electron chi connectivity index (χ1n) is 5.24. The molecule has 0 aliphatic heterocycles. The van der Waals surface area contributed by atoms with Crippen LogP contribution in [0, 0.1) is 0 Å². The Labute approximate surface area is 108 Å². The van der Waals surface area contributed by atoms with E-state index in [-0.39, 0.29) is 12.4 Å². The second-order valence-electron chi connectivity index (χ2n) is 3.57. The summed E-state index contributed by atoms with van der Waals surface area (Å²) in [5.74, 6) is -0.315. The van der Waals surface area contributed by atoms with Crippen molar-refractivity contribution in [1.82, 2.24) is 0 Å². The minimum atomic E-state index is -4.25. The van der Waals surface area contributed by atoms with Gasteiger partial charge in [0.1, 0.15) is 6.61 Å². The van der Waals surface area contributed by atoms with Crippen molar-refractivity contribution in [2.45, 2.75) is 17.5 Å². The first kappa shape index (κ1) is 15.0. The lowest BCUT2D eigenvalue weighted by molar-refractivity contribution is -0.144. The van der Waals surface area contributed by atoms with Crippen LogP contribution in [0.4, 0.5) is 13.2 Å². The minimum Gasteiger partial charge on any atom is -0.373 e. The molecule has 18 heavy (non-hydrogen) atoms. The number of Topliss-reactive ketones (excluding diaryl/α,β-unsaturated/α-hetero) is 1. The van der Waals surface area contributed by atoms with Gasteiger partial charge in [-0.3, -0.25) is 4.79 Å². The maximum atomic E-state index is 11.8. The van der Waals surface area contributed by atoms with Gasteiger partial charge in [0.05, 0.1) is 13.0 Å². The number of thioether (sulfide) groups is 1. The second-order valence-corrected chi connectivity index (χ2v) is 4.45. The van der Waals surface area contributed by atoms with E-state index in [9.17, 15) is 18.0 Å². The molecule has 1 aromatic carbocycles. The van der Waals surface area contributed by atoms with Gasteiger partial charge in [-0.05, 0) is 18.4 Å². The molecule has 100 valence electrons. The number of hydrogen-bond donors (Lipinski definition) is 0. The van der Waals surface area contributed by atoms with E-state index in [0.29, 0.717) is 5.56 Å². The Morgan fingerprint density at radius 2 is 1.89 bits per heavy atom. The fourth-order valence-electron chi connectivity index (χ4n) is 1.21. The summed E-state index contributed by atoms with van der Waals surface area (Å²) in [5, 5.41) is 0. The van der Waals surface area contributed by atoms with Crippen LogP contribution in [0.3, 0.4) is 0 Å². The van der Waals surface area contributed by atoms with Gasteiger partial charge in [0.25, 0.3) is 0 Å². The second kappa shape index (κ2) is 6.80. The van der Waals surface area contributed by atoms with Crippen molar-refractivity contribution >= 4 is 17.5 Å². The highest BCUT2D eigenvalue weighted by molar-refractivity contribution is 7.98. The smallest absolute Gasteiger partial charge is 0.373 e. The van der Waals surface area contributed by atoms with Crippen LogP contribution < -0.4 is 0 Å². The molecule has 0 amide bonds. The molecule has 0 radical (unpaired) electrons. The summed E-state index contributed by atoms with van der Waals surface area (Å²) < 4.78 is 40.2. The first-order chi connectivity index (χ1) is 8.42. The lowest BCUT2D eigenvalue weighted by atomic mass is 10.1. The summed E-state index contributed by atoms with van der Waals surface area (Å²) in [7, 11) is 0. The number of carbonyl (C=O) groups is 1. The highest BCUT2D eigenvalue weighted by Gasteiger charge is 2.26. The molecule has 0 aromatic heterocycles. The van der Waals surface area contributed by atoms with Crippen LogP contribution in [-0.4, -0.2) is 31.4 Å². The topological polar surface area (TPSA) is 26.3 Å². The van der Waals surface area contributed by atoms with Gasteiger partial charge in [0.2, 0.25) is 0 Å². The third-order valence-corrected chi connectivity index (χ3v) is 2.92. The fourth-order valence-corrected chi connectivity index (χ4v) is 1.62. The summed E-state index contributed by atoms with van der Waals surface area (Å²) in [6.45, 7) is -0.813. The summed E-state index contributed by atoms with van der Waals surface area (Å²) in [6.07, 6.45) is -3.37. The number of ketones is 1.